The Labute approximate surface area is 154 Å². The van der Waals surface area contributed by atoms with Crippen molar-refractivity contribution in [2.75, 3.05) is 6.54 Å². The Morgan fingerprint density at radius 1 is 1.32 bits per heavy atom. The molecule has 134 valence electrons. The van der Waals surface area contributed by atoms with E-state index in [9.17, 15) is 4.79 Å². The molecule has 25 heavy (non-hydrogen) atoms. The van der Waals surface area contributed by atoms with Gasteiger partial charge in [0.25, 0.3) is 0 Å². The summed E-state index contributed by atoms with van der Waals surface area (Å²) in [6.45, 7) is 9.55. The van der Waals surface area contributed by atoms with Gasteiger partial charge < -0.3 is 5.32 Å². The summed E-state index contributed by atoms with van der Waals surface area (Å²) in [5.41, 5.74) is 3.92. The van der Waals surface area contributed by atoms with Crippen LogP contribution in [0.4, 0.5) is 0 Å². The molecule has 2 rings (SSSR count). The van der Waals surface area contributed by atoms with E-state index in [1.807, 2.05) is 48.9 Å². The number of rotatable bonds is 7. The van der Waals surface area contributed by atoms with E-state index >= 15 is 0 Å². The maximum atomic E-state index is 11.9. The van der Waals surface area contributed by atoms with E-state index in [1.165, 1.54) is 0 Å². The number of halogens is 1. The van der Waals surface area contributed by atoms with E-state index in [-0.39, 0.29) is 5.91 Å². The van der Waals surface area contributed by atoms with Gasteiger partial charge in [-0.3, -0.25) is 9.48 Å². The highest BCUT2D eigenvalue weighted by Crippen LogP contribution is 2.20. The van der Waals surface area contributed by atoms with Crippen molar-refractivity contribution in [1.82, 2.24) is 15.1 Å². The van der Waals surface area contributed by atoms with Gasteiger partial charge in [0.05, 0.1) is 12.2 Å². The second-order valence-corrected chi connectivity index (χ2v) is 7.05. The Morgan fingerprint density at radius 2 is 2.04 bits per heavy atom. The van der Waals surface area contributed by atoms with Crippen molar-refractivity contribution in [3.8, 4) is 0 Å². The fourth-order valence-electron chi connectivity index (χ4n) is 2.60. The normalized spacial score (nSPS) is 11.4. The van der Waals surface area contributed by atoms with Crippen molar-refractivity contribution >= 4 is 23.6 Å². The average Bonchev–Trinajstić information content (AvgIpc) is 2.81. The Hall–Kier alpha value is -2.07. The zero-order valence-corrected chi connectivity index (χ0v) is 16.1. The van der Waals surface area contributed by atoms with Gasteiger partial charge in [0, 0.05) is 28.9 Å². The Morgan fingerprint density at radius 3 is 2.72 bits per heavy atom. The van der Waals surface area contributed by atoms with Gasteiger partial charge in [-0.1, -0.05) is 43.6 Å². The minimum atomic E-state index is -0.0710. The van der Waals surface area contributed by atoms with Crippen molar-refractivity contribution in [3.05, 3.63) is 57.9 Å². The van der Waals surface area contributed by atoms with Crippen molar-refractivity contribution in [1.29, 1.82) is 0 Å². The average molecular weight is 360 g/mol. The zero-order chi connectivity index (χ0) is 18.4. The van der Waals surface area contributed by atoms with Crippen LogP contribution in [0.3, 0.4) is 0 Å². The van der Waals surface area contributed by atoms with Crippen LogP contribution < -0.4 is 5.32 Å². The molecule has 0 saturated heterocycles. The molecule has 1 aromatic carbocycles. The van der Waals surface area contributed by atoms with Gasteiger partial charge in [0.1, 0.15) is 0 Å². The number of nitrogens with one attached hydrogen (secondary N) is 1. The van der Waals surface area contributed by atoms with Crippen LogP contribution >= 0.6 is 11.6 Å². The molecule has 0 aliphatic carbocycles. The van der Waals surface area contributed by atoms with Gasteiger partial charge in [-0.05, 0) is 43.9 Å². The maximum Gasteiger partial charge on any atom is 0.244 e. The highest BCUT2D eigenvalue weighted by atomic mass is 35.5. The first-order valence-electron chi connectivity index (χ1n) is 8.61. The first kappa shape index (κ1) is 19.3. The summed E-state index contributed by atoms with van der Waals surface area (Å²) >= 11 is 6.24. The molecule has 0 saturated carbocycles. The number of hydrogen-bond donors (Lipinski definition) is 1. The standard InChI is InChI=1S/C20H26ClN3O/c1-14(2)11-12-22-20(25)10-9-18-15(3)23-24(16(18)4)13-17-7-5-6-8-19(17)21/h5-10,14H,11-13H2,1-4H3,(H,22,25)/b10-9+. The first-order valence-corrected chi connectivity index (χ1v) is 8.99. The summed E-state index contributed by atoms with van der Waals surface area (Å²) in [5, 5.41) is 8.22. The fourth-order valence-corrected chi connectivity index (χ4v) is 2.79. The molecule has 0 aliphatic rings. The molecule has 4 nitrogen and oxygen atoms in total. The summed E-state index contributed by atoms with van der Waals surface area (Å²) < 4.78 is 1.92. The van der Waals surface area contributed by atoms with Crippen LogP contribution in [0.25, 0.3) is 6.08 Å². The molecule has 0 spiro atoms. The van der Waals surface area contributed by atoms with E-state index < -0.39 is 0 Å². The second-order valence-electron chi connectivity index (χ2n) is 6.64. The lowest BCUT2D eigenvalue weighted by molar-refractivity contribution is -0.116. The van der Waals surface area contributed by atoms with E-state index in [4.69, 9.17) is 11.6 Å². The number of carbonyl (C=O) groups is 1. The van der Waals surface area contributed by atoms with Crippen LogP contribution in [0.5, 0.6) is 0 Å². The third-order valence-electron chi connectivity index (χ3n) is 4.14. The summed E-state index contributed by atoms with van der Waals surface area (Å²) in [7, 11) is 0. The topological polar surface area (TPSA) is 46.9 Å². The predicted octanol–water partition coefficient (Wildman–Crippen LogP) is 4.38. The molecular weight excluding hydrogens is 334 g/mol. The third-order valence-corrected chi connectivity index (χ3v) is 4.51. The number of aryl methyl sites for hydroxylation is 1. The van der Waals surface area contributed by atoms with Crippen molar-refractivity contribution < 1.29 is 4.79 Å². The molecule has 5 heteroatoms. The molecule has 1 amide bonds. The van der Waals surface area contributed by atoms with Gasteiger partial charge >= 0.3 is 0 Å². The van der Waals surface area contributed by atoms with Gasteiger partial charge in [-0.2, -0.15) is 5.10 Å². The monoisotopic (exact) mass is 359 g/mol. The largest absolute Gasteiger partial charge is 0.353 e. The number of benzene rings is 1. The molecule has 0 aliphatic heterocycles. The van der Waals surface area contributed by atoms with E-state index in [1.54, 1.807) is 6.08 Å². The van der Waals surface area contributed by atoms with Crippen LogP contribution in [0, 0.1) is 19.8 Å². The molecule has 0 radical (unpaired) electrons. The van der Waals surface area contributed by atoms with Crippen LogP contribution in [0.15, 0.2) is 30.3 Å². The lowest BCUT2D eigenvalue weighted by Gasteiger charge is -2.07. The van der Waals surface area contributed by atoms with Gasteiger partial charge in [0.15, 0.2) is 0 Å². The van der Waals surface area contributed by atoms with Crippen molar-refractivity contribution in [3.63, 3.8) is 0 Å². The molecule has 2 aromatic rings. The zero-order valence-electron chi connectivity index (χ0n) is 15.3. The summed E-state index contributed by atoms with van der Waals surface area (Å²) in [6.07, 6.45) is 4.40. The minimum Gasteiger partial charge on any atom is -0.353 e. The summed E-state index contributed by atoms with van der Waals surface area (Å²) in [6, 6.07) is 7.76. The van der Waals surface area contributed by atoms with Crippen LogP contribution in [-0.4, -0.2) is 22.2 Å². The van der Waals surface area contributed by atoms with Gasteiger partial charge in [-0.15, -0.1) is 0 Å². The Bertz CT molecular complexity index is 762. The van der Waals surface area contributed by atoms with Gasteiger partial charge in [-0.25, -0.2) is 0 Å². The minimum absolute atomic E-state index is 0.0710. The van der Waals surface area contributed by atoms with Crippen LogP contribution in [-0.2, 0) is 11.3 Å². The number of aromatic nitrogens is 2. The first-order chi connectivity index (χ1) is 11.9. The summed E-state index contributed by atoms with van der Waals surface area (Å²) in [4.78, 5) is 11.9. The maximum absolute atomic E-state index is 11.9. The van der Waals surface area contributed by atoms with Crippen LogP contribution in [0.2, 0.25) is 5.02 Å². The highest BCUT2D eigenvalue weighted by molar-refractivity contribution is 6.31. The van der Waals surface area contributed by atoms with Crippen molar-refractivity contribution in [2.45, 2.75) is 40.7 Å². The SMILES string of the molecule is Cc1nn(Cc2ccccc2Cl)c(C)c1/C=C/C(=O)NCCC(C)C. The molecule has 1 aromatic heterocycles. The number of amides is 1. The molecular formula is C20H26ClN3O. The molecule has 1 N–H and O–H groups in total. The number of hydrogen-bond acceptors (Lipinski definition) is 2. The number of carbonyl (C=O) groups excluding carboxylic acids is 1. The Kier molecular flexibility index (Phi) is 6.82. The lowest BCUT2D eigenvalue weighted by Crippen LogP contribution is -2.23. The molecule has 0 bridgehead atoms. The molecule has 0 atom stereocenters. The van der Waals surface area contributed by atoms with Gasteiger partial charge in [0.2, 0.25) is 5.91 Å². The quantitative estimate of drug-likeness (QED) is 0.746. The van der Waals surface area contributed by atoms with E-state index in [0.717, 1.165) is 34.0 Å². The van der Waals surface area contributed by atoms with E-state index in [2.05, 4.69) is 24.3 Å². The van der Waals surface area contributed by atoms with Crippen LogP contribution in [0.1, 0.15) is 42.8 Å². The molecule has 0 fully saturated rings. The summed E-state index contributed by atoms with van der Waals surface area (Å²) in [5.74, 6) is 0.509. The van der Waals surface area contributed by atoms with Crippen molar-refractivity contribution in [2.24, 2.45) is 5.92 Å². The molecule has 1 heterocycles. The highest BCUT2D eigenvalue weighted by Gasteiger charge is 2.11. The molecule has 0 unspecified atom stereocenters. The third kappa shape index (κ3) is 5.46. The predicted molar refractivity (Wildman–Crippen MR) is 104 cm³/mol. The fraction of sp³-hybridized carbons (Fsp3) is 0.400. The van der Waals surface area contributed by atoms with E-state index in [0.29, 0.717) is 19.0 Å². The lowest BCUT2D eigenvalue weighted by atomic mass is 10.1. The second kappa shape index (κ2) is 8.86. The Balaban J connectivity index is 2.07. The smallest absolute Gasteiger partial charge is 0.244 e. The number of nitrogens with zero attached hydrogens (tertiary/aromatic N) is 2.